The van der Waals surface area contributed by atoms with E-state index in [1.54, 1.807) is 6.20 Å². The van der Waals surface area contributed by atoms with E-state index in [0.717, 1.165) is 24.6 Å². The van der Waals surface area contributed by atoms with Crippen molar-refractivity contribution in [3.63, 3.8) is 0 Å². The van der Waals surface area contributed by atoms with Gasteiger partial charge in [-0.1, -0.05) is 12.8 Å². The summed E-state index contributed by atoms with van der Waals surface area (Å²) in [5.74, 6) is 1.68. The van der Waals surface area contributed by atoms with Crippen molar-refractivity contribution in [2.24, 2.45) is 5.92 Å². The topological polar surface area (TPSA) is 52.0 Å². The van der Waals surface area contributed by atoms with Crippen molar-refractivity contribution in [1.82, 2.24) is 9.88 Å². The van der Waals surface area contributed by atoms with Gasteiger partial charge in [-0.15, -0.1) is 0 Å². The van der Waals surface area contributed by atoms with Crippen molar-refractivity contribution in [3.8, 4) is 6.07 Å². The lowest BCUT2D eigenvalue weighted by atomic mass is 10.0. The zero-order valence-corrected chi connectivity index (χ0v) is 12.6. The molecule has 1 aromatic heterocycles. The molecule has 0 atom stereocenters. The fraction of sp³-hybridized carbons (Fsp3) is 0.647. The van der Waals surface area contributed by atoms with E-state index < -0.39 is 0 Å². The van der Waals surface area contributed by atoms with Gasteiger partial charge in [0.2, 0.25) is 0 Å². The van der Waals surface area contributed by atoms with Crippen molar-refractivity contribution < 1.29 is 0 Å². The van der Waals surface area contributed by atoms with Crippen LogP contribution in [0.4, 0.5) is 5.82 Å². The number of aromatic nitrogens is 1. The van der Waals surface area contributed by atoms with Crippen molar-refractivity contribution in [1.29, 1.82) is 5.26 Å². The average molecular weight is 284 g/mol. The standard InChI is InChI=1S/C17H24N4/c18-12-15-6-3-9-19-17(15)20-16-7-10-21(11-8-16)13-14-4-1-2-5-14/h3,6,9,14,16H,1-2,4-5,7-8,10-11,13H2,(H,19,20). The van der Waals surface area contributed by atoms with E-state index in [1.165, 1.54) is 45.3 Å². The van der Waals surface area contributed by atoms with Crippen LogP contribution in [0.25, 0.3) is 0 Å². The SMILES string of the molecule is N#Cc1cccnc1NC1CCN(CC2CCCC2)CC1. The predicted molar refractivity (Wildman–Crippen MR) is 84.0 cm³/mol. The number of nitrogens with zero attached hydrogens (tertiary/aromatic N) is 3. The molecule has 1 saturated carbocycles. The monoisotopic (exact) mass is 284 g/mol. The fourth-order valence-corrected chi connectivity index (χ4v) is 3.62. The molecule has 0 radical (unpaired) electrons. The third-order valence-corrected chi connectivity index (χ3v) is 4.85. The zero-order chi connectivity index (χ0) is 14.5. The molecule has 0 unspecified atom stereocenters. The largest absolute Gasteiger partial charge is 0.366 e. The maximum absolute atomic E-state index is 9.11. The van der Waals surface area contributed by atoms with Gasteiger partial charge in [-0.25, -0.2) is 4.98 Å². The Hall–Kier alpha value is -1.60. The molecule has 0 aromatic carbocycles. The van der Waals surface area contributed by atoms with Gasteiger partial charge in [0.25, 0.3) is 0 Å². The molecule has 1 aliphatic carbocycles. The van der Waals surface area contributed by atoms with Crippen LogP contribution in [0.2, 0.25) is 0 Å². The van der Waals surface area contributed by atoms with Gasteiger partial charge in [-0.3, -0.25) is 0 Å². The highest BCUT2D eigenvalue weighted by molar-refractivity contribution is 5.51. The van der Waals surface area contributed by atoms with E-state index >= 15 is 0 Å². The first kappa shape index (κ1) is 14.3. The first-order valence-corrected chi connectivity index (χ1v) is 8.19. The number of likely N-dealkylation sites (tertiary alicyclic amines) is 1. The summed E-state index contributed by atoms with van der Waals surface area (Å²) in [6.45, 7) is 3.63. The third-order valence-electron chi connectivity index (χ3n) is 4.85. The molecule has 4 nitrogen and oxygen atoms in total. The zero-order valence-electron chi connectivity index (χ0n) is 12.6. The van der Waals surface area contributed by atoms with Crippen molar-refractivity contribution >= 4 is 5.82 Å². The fourth-order valence-electron chi connectivity index (χ4n) is 3.62. The Labute approximate surface area is 127 Å². The average Bonchev–Trinajstić information content (AvgIpc) is 3.03. The van der Waals surface area contributed by atoms with E-state index in [4.69, 9.17) is 5.26 Å². The number of piperidine rings is 1. The number of nitriles is 1. The second-order valence-corrected chi connectivity index (χ2v) is 6.38. The molecular formula is C17H24N4. The summed E-state index contributed by atoms with van der Waals surface area (Å²) in [6.07, 6.45) is 9.76. The number of nitrogens with one attached hydrogen (secondary N) is 1. The van der Waals surface area contributed by atoms with Gasteiger partial charge in [0.1, 0.15) is 11.9 Å². The summed E-state index contributed by atoms with van der Waals surface area (Å²) < 4.78 is 0. The van der Waals surface area contributed by atoms with Crippen molar-refractivity contribution in [2.45, 2.75) is 44.6 Å². The third kappa shape index (κ3) is 3.74. The van der Waals surface area contributed by atoms with Crippen LogP contribution in [0.15, 0.2) is 18.3 Å². The summed E-state index contributed by atoms with van der Waals surface area (Å²) in [5.41, 5.74) is 0.644. The number of pyridine rings is 1. The summed E-state index contributed by atoms with van der Waals surface area (Å²) in [7, 11) is 0. The van der Waals surface area contributed by atoms with Crippen LogP contribution < -0.4 is 5.32 Å². The Morgan fingerprint density at radius 2 is 2.00 bits per heavy atom. The number of hydrogen-bond donors (Lipinski definition) is 1. The van der Waals surface area contributed by atoms with Crippen molar-refractivity contribution in [2.75, 3.05) is 25.0 Å². The van der Waals surface area contributed by atoms with Crippen LogP contribution in [0.5, 0.6) is 0 Å². The van der Waals surface area contributed by atoms with Crippen LogP contribution in [0, 0.1) is 17.2 Å². The molecule has 3 rings (SSSR count). The van der Waals surface area contributed by atoms with Crippen LogP contribution in [0.1, 0.15) is 44.1 Å². The van der Waals surface area contributed by atoms with E-state index in [1.807, 2.05) is 12.1 Å². The molecule has 4 heteroatoms. The maximum Gasteiger partial charge on any atom is 0.144 e. The molecule has 21 heavy (non-hydrogen) atoms. The lowest BCUT2D eigenvalue weighted by molar-refractivity contribution is 0.189. The molecule has 112 valence electrons. The van der Waals surface area contributed by atoms with Crippen molar-refractivity contribution in [3.05, 3.63) is 23.9 Å². The summed E-state index contributed by atoms with van der Waals surface area (Å²) in [4.78, 5) is 6.92. The van der Waals surface area contributed by atoms with E-state index in [9.17, 15) is 0 Å². The molecule has 0 bridgehead atoms. The van der Waals surface area contributed by atoms with Gasteiger partial charge < -0.3 is 10.2 Å². The van der Waals surface area contributed by atoms with Gasteiger partial charge in [-0.2, -0.15) is 5.26 Å². The molecule has 1 N–H and O–H groups in total. The molecular weight excluding hydrogens is 260 g/mol. The van der Waals surface area contributed by atoms with Crippen LogP contribution in [0.3, 0.4) is 0 Å². The highest BCUT2D eigenvalue weighted by atomic mass is 15.1. The van der Waals surface area contributed by atoms with Crippen LogP contribution >= 0.6 is 0 Å². The molecule has 1 aliphatic heterocycles. The highest BCUT2D eigenvalue weighted by Crippen LogP contribution is 2.27. The van der Waals surface area contributed by atoms with Gasteiger partial charge in [0.05, 0.1) is 5.56 Å². The minimum absolute atomic E-state index is 0.451. The second kappa shape index (κ2) is 6.91. The number of rotatable bonds is 4. The molecule has 1 aromatic rings. The lowest BCUT2D eigenvalue weighted by Crippen LogP contribution is -2.41. The first-order valence-electron chi connectivity index (χ1n) is 8.19. The molecule has 2 aliphatic rings. The number of hydrogen-bond acceptors (Lipinski definition) is 4. The Morgan fingerprint density at radius 3 is 2.71 bits per heavy atom. The Balaban J connectivity index is 1.48. The molecule has 0 amide bonds. The van der Waals surface area contributed by atoms with Gasteiger partial charge in [-0.05, 0) is 43.7 Å². The van der Waals surface area contributed by atoms with Crippen LogP contribution in [-0.2, 0) is 0 Å². The Kier molecular flexibility index (Phi) is 4.72. The molecule has 0 spiro atoms. The van der Waals surface area contributed by atoms with Gasteiger partial charge in [0.15, 0.2) is 0 Å². The molecule has 1 saturated heterocycles. The van der Waals surface area contributed by atoms with E-state index in [0.29, 0.717) is 11.6 Å². The maximum atomic E-state index is 9.11. The minimum atomic E-state index is 0.451. The summed E-state index contributed by atoms with van der Waals surface area (Å²) >= 11 is 0. The van der Waals surface area contributed by atoms with Gasteiger partial charge in [0, 0.05) is 31.9 Å². The summed E-state index contributed by atoms with van der Waals surface area (Å²) in [6, 6.07) is 6.29. The van der Waals surface area contributed by atoms with Crippen LogP contribution in [-0.4, -0.2) is 35.6 Å². The highest BCUT2D eigenvalue weighted by Gasteiger charge is 2.23. The Morgan fingerprint density at radius 1 is 1.24 bits per heavy atom. The number of anilines is 1. The van der Waals surface area contributed by atoms with E-state index in [-0.39, 0.29) is 0 Å². The molecule has 2 fully saturated rings. The predicted octanol–water partition coefficient (Wildman–Crippen LogP) is 3.02. The quantitative estimate of drug-likeness (QED) is 0.923. The lowest BCUT2D eigenvalue weighted by Gasteiger charge is -2.34. The summed E-state index contributed by atoms with van der Waals surface area (Å²) in [5, 5.41) is 12.6. The first-order chi connectivity index (χ1) is 10.3. The normalized spacial score (nSPS) is 21.3. The Bertz CT molecular complexity index is 494. The van der Waals surface area contributed by atoms with E-state index in [2.05, 4.69) is 21.3 Å². The van der Waals surface area contributed by atoms with Gasteiger partial charge >= 0.3 is 0 Å². The molecule has 2 heterocycles. The minimum Gasteiger partial charge on any atom is -0.366 e. The smallest absolute Gasteiger partial charge is 0.144 e. The second-order valence-electron chi connectivity index (χ2n) is 6.38.